The number of amides is 1. The van der Waals surface area contributed by atoms with E-state index in [2.05, 4.69) is 4.52 Å². The van der Waals surface area contributed by atoms with Gasteiger partial charge in [-0.15, -0.1) is 0 Å². The smallest absolute Gasteiger partial charge is 0.230 e. The maximum Gasteiger partial charge on any atom is 0.230 e. The van der Waals surface area contributed by atoms with Gasteiger partial charge in [0.05, 0.1) is 13.7 Å². The first-order valence-electron chi connectivity index (χ1n) is 2.87. The van der Waals surface area contributed by atoms with E-state index in [0.29, 0.717) is 0 Å². The zero-order valence-corrected chi connectivity index (χ0v) is 6.95. The predicted octanol–water partition coefficient (Wildman–Crippen LogP) is -1.80. The SMILES string of the molecule is CO[P+]([O-])=CC(CO)C(N)=O. The largest absolute Gasteiger partial charge is 0.603 e. The number of carbonyl (C=O) groups is 1. The summed E-state index contributed by atoms with van der Waals surface area (Å²) >= 11 is 0. The summed E-state index contributed by atoms with van der Waals surface area (Å²) < 4.78 is 4.37. The third kappa shape index (κ3) is 4.06. The molecule has 11 heavy (non-hydrogen) atoms. The van der Waals surface area contributed by atoms with Crippen molar-refractivity contribution in [2.24, 2.45) is 11.7 Å². The molecule has 1 amide bonds. The molecule has 0 aromatic heterocycles. The maximum absolute atomic E-state index is 10.6. The summed E-state index contributed by atoms with van der Waals surface area (Å²) in [5.74, 6) is -0.524. The van der Waals surface area contributed by atoms with Crippen molar-refractivity contribution in [3.05, 3.63) is 0 Å². The fourth-order valence-corrected chi connectivity index (χ4v) is 1.08. The van der Waals surface area contributed by atoms with Crippen LogP contribution in [0.5, 0.6) is 0 Å². The van der Waals surface area contributed by atoms with Crippen molar-refractivity contribution in [2.45, 2.75) is 0 Å². The Bertz CT molecular complexity index is 170. The molecule has 0 fully saturated rings. The summed E-state index contributed by atoms with van der Waals surface area (Å²) in [5.41, 5.74) is 4.84. The van der Waals surface area contributed by atoms with E-state index in [9.17, 15) is 9.69 Å². The number of hydrogen-bond acceptors (Lipinski definition) is 4. The van der Waals surface area contributed by atoms with Gasteiger partial charge in [0.15, 0.2) is 0 Å². The molecule has 64 valence electrons. The number of carbonyl (C=O) groups excluding carboxylic acids is 1. The monoisotopic (exact) mass is 179 g/mol. The number of rotatable bonds is 4. The Hall–Kier alpha value is -0.480. The Morgan fingerprint density at radius 3 is 2.82 bits per heavy atom. The van der Waals surface area contributed by atoms with Crippen molar-refractivity contribution >= 4 is 19.7 Å². The van der Waals surface area contributed by atoms with Crippen molar-refractivity contribution in [3.63, 3.8) is 0 Å². The number of aliphatic hydroxyl groups is 1. The van der Waals surface area contributed by atoms with Gasteiger partial charge in [-0.1, -0.05) is 0 Å². The fourth-order valence-electron chi connectivity index (χ4n) is 0.418. The third-order valence-electron chi connectivity index (χ3n) is 1.04. The number of aliphatic hydroxyl groups excluding tert-OH is 1. The van der Waals surface area contributed by atoms with Gasteiger partial charge in [-0.25, -0.2) is 0 Å². The van der Waals surface area contributed by atoms with Crippen LogP contribution in [-0.2, 0) is 9.32 Å². The topological polar surface area (TPSA) is 95.6 Å². The molecule has 3 N–H and O–H groups in total. The van der Waals surface area contributed by atoms with E-state index >= 15 is 0 Å². The highest BCUT2D eigenvalue weighted by molar-refractivity contribution is 7.44. The van der Waals surface area contributed by atoms with Crippen LogP contribution in [0.15, 0.2) is 0 Å². The van der Waals surface area contributed by atoms with E-state index in [-0.39, 0.29) is 0 Å². The standard InChI is InChI=1S/C5H10NO4P/c1-10-11(9)3-4(2-7)5(6)8/h3-4,7H,2H2,1H3,(H2,6,8). The molecule has 6 heteroatoms. The van der Waals surface area contributed by atoms with Gasteiger partial charge in [0.1, 0.15) is 11.7 Å². The van der Waals surface area contributed by atoms with Gasteiger partial charge in [-0.3, -0.25) is 4.79 Å². The second-order valence-corrected chi connectivity index (χ2v) is 3.04. The van der Waals surface area contributed by atoms with Crippen molar-refractivity contribution in [1.29, 1.82) is 0 Å². The predicted molar refractivity (Wildman–Crippen MR) is 39.8 cm³/mol. The van der Waals surface area contributed by atoms with E-state index in [1.165, 1.54) is 7.11 Å². The molecule has 0 aromatic rings. The van der Waals surface area contributed by atoms with Crippen LogP contribution >= 0.6 is 8.00 Å². The second kappa shape index (κ2) is 5.21. The van der Waals surface area contributed by atoms with Gasteiger partial charge in [0, 0.05) is 0 Å². The lowest BCUT2D eigenvalue weighted by molar-refractivity contribution is -0.170. The Labute approximate surface area is 65.3 Å². The van der Waals surface area contributed by atoms with Gasteiger partial charge in [-0.05, 0) is 0 Å². The average molecular weight is 179 g/mol. The van der Waals surface area contributed by atoms with Gasteiger partial charge in [0.2, 0.25) is 13.9 Å². The summed E-state index contributed by atoms with van der Waals surface area (Å²) in [6.45, 7) is -0.445. The molecule has 0 radical (unpaired) electrons. The molecule has 0 saturated heterocycles. The number of nitrogens with two attached hydrogens (primary N) is 1. The molecule has 0 bridgehead atoms. The normalized spacial score (nSPS) is 14.6. The number of primary amides is 1. The highest BCUT2D eigenvalue weighted by Gasteiger charge is 2.14. The molecular formula is C5H10NO4P. The van der Waals surface area contributed by atoms with Crippen LogP contribution in [-0.4, -0.2) is 30.5 Å². The highest BCUT2D eigenvalue weighted by atomic mass is 31.1. The molecule has 0 rings (SSSR count). The first-order valence-corrected chi connectivity index (χ1v) is 4.12. The summed E-state index contributed by atoms with van der Waals surface area (Å²) in [5, 5.41) is 8.52. The third-order valence-corrected chi connectivity index (χ3v) is 2.01. The van der Waals surface area contributed by atoms with Crippen molar-refractivity contribution in [2.75, 3.05) is 13.7 Å². The van der Waals surface area contributed by atoms with Crippen LogP contribution in [0.3, 0.4) is 0 Å². The van der Waals surface area contributed by atoms with Crippen LogP contribution in [0.1, 0.15) is 0 Å². The molecule has 0 aliphatic rings. The van der Waals surface area contributed by atoms with Crippen molar-refractivity contribution in [3.8, 4) is 0 Å². The first kappa shape index (κ1) is 10.5. The van der Waals surface area contributed by atoms with Crippen LogP contribution in [0.25, 0.3) is 0 Å². The van der Waals surface area contributed by atoms with E-state index in [0.717, 1.165) is 5.80 Å². The summed E-state index contributed by atoms with van der Waals surface area (Å²) in [6.07, 6.45) is 0. The van der Waals surface area contributed by atoms with Crippen LogP contribution in [0.4, 0.5) is 0 Å². The lowest BCUT2D eigenvalue weighted by Crippen LogP contribution is -2.27. The summed E-state index contributed by atoms with van der Waals surface area (Å²) in [4.78, 5) is 21.1. The zero-order valence-electron chi connectivity index (χ0n) is 6.06. The molecule has 5 nitrogen and oxygen atoms in total. The maximum atomic E-state index is 10.6. The minimum Gasteiger partial charge on any atom is -0.603 e. The number of hydrogen-bond donors (Lipinski definition) is 2. The van der Waals surface area contributed by atoms with Crippen molar-refractivity contribution in [1.82, 2.24) is 0 Å². The molecule has 2 atom stereocenters. The summed E-state index contributed by atoms with van der Waals surface area (Å²) in [6, 6.07) is 0. The minimum atomic E-state index is -1.99. The molecule has 0 aromatic carbocycles. The van der Waals surface area contributed by atoms with Gasteiger partial charge >= 0.3 is 0 Å². The quantitative estimate of drug-likeness (QED) is 0.498. The fraction of sp³-hybridized carbons (Fsp3) is 0.600. The summed E-state index contributed by atoms with van der Waals surface area (Å²) in [7, 11) is -0.751. The minimum absolute atomic E-state index is 0.445. The Morgan fingerprint density at radius 2 is 2.55 bits per heavy atom. The molecular weight excluding hydrogens is 169 g/mol. The lowest BCUT2D eigenvalue weighted by Gasteiger charge is -2.00. The second-order valence-electron chi connectivity index (χ2n) is 1.81. The molecule has 2 unspecified atom stereocenters. The van der Waals surface area contributed by atoms with Gasteiger partial charge in [-0.2, -0.15) is 4.52 Å². The Morgan fingerprint density at radius 1 is 2.00 bits per heavy atom. The highest BCUT2D eigenvalue weighted by Crippen LogP contribution is 2.10. The van der Waals surface area contributed by atoms with Crippen LogP contribution in [0.2, 0.25) is 0 Å². The zero-order chi connectivity index (χ0) is 8.85. The van der Waals surface area contributed by atoms with E-state index in [4.69, 9.17) is 10.8 Å². The molecule has 0 saturated carbocycles. The van der Waals surface area contributed by atoms with Crippen LogP contribution in [0, 0.1) is 5.92 Å². The Balaban J connectivity index is 4.17. The average Bonchev–Trinajstić information content (AvgIpc) is 1.99. The Kier molecular flexibility index (Phi) is 4.98. The molecule has 0 aliphatic carbocycles. The molecule has 0 heterocycles. The van der Waals surface area contributed by atoms with Crippen molar-refractivity contribution < 1.29 is 19.3 Å². The van der Waals surface area contributed by atoms with E-state index in [1.54, 1.807) is 0 Å². The van der Waals surface area contributed by atoms with Crippen LogP contribution < -0.4 is 10.6 Å². The molecule has 0 aliphatic heterocycles. The van der Waals surface area contributed by atoms with Gasteiger partial charge < -0.3 is 15.7 Å². The lowest BCUT2D eigenvalue weighted by atomic mass is 10.2. The molecule has 0 spiro atoms. The first-order chi connectivity index (χ1) is 5.11. The van der Waals surface area contributed by atoms with Gasteiger partial charge in [0.25, 0.3) is 0 Å². The van der Waals surface area contributed by atoms with E-state index < -0.39 is 26.4 Å². The van der Waals surface area contributed by atoms with E-state index in [1.807, 2.05) is 0 Å².